The Balaban J connectivity index is 1.63. The molecule has 1 aromatic heterocycles. The zero-order valence-corrected chi connectivity index (χ0v) is 22.2. The second kappa shape index (κ2) is 11.0. The van der Waals surface area contributed by atoms with Crippen LogP contribution in [0.2, 0.25) is 0 Å². The molecule has 2 aliphatic carbocycles. The summed E-state index contributed by atoms with van der Waals surface area (Å²) in [6.07, 6.45) is 19.3. The van der Waals surface area contributed by atoms with E-state index in [0.717, 1.165) is 17.7 Å². The summed E-state index contributed by atoms with van der Waals surface area (Å²) in [5.74, 6) is 0.853. The van der Waals surface area contributed by atoms with Crippen molar-refractivity contribution >= 4 is 17.8 Å². The minimum absolute atomic E-state index is 0.165. The van der Waals surface area contributed by atoms with Crippen LogP contribution in [0, 0.1) is 11.3 Å². The van der Waals surface area contributed by atoms with Crippen molar-refractivity contribution in [2.24, 2.45) is 16.3 Å². The lowest BCUT2D eigenvalue weighted by atomic mass is 9.68. The fraction of sp³-hybridized carbons (Fsp3) is 0.548. The van der Waals surface area contributed by atoms with Gasteiger partial charge in [0.1, 0.15) is 5.76 Å². The summed E-state index contributed by atoms with van der Waals surface area (Å²) in [6, 6.07) is 3.48. The maximum absolute atomic E-state index is 11.8. The number of fused-ring (bicyclic) bond motifs is 2. The molecule has 4 nitrogen and oxygen atoms in total. The van der Waals surface area contributed by atoms with Crippen LogP contribution < -0.4 is 0 Å². The van der Waals surface area contributed by atoms with Crippen LogP contribution in [0.1, 0.15) is 108 Å². The maximum atomic E-state index is 11.8. The molecule has 0 bridgehead atoms. The van der Waals surface area contributed by atoms with Crippen LogP contribution in [-0.4, -0.2) is 18.8 Å². The van der Waals surface area contributed by atoms with Gasteiger partial charge in [-0.05, 0) is 73.0 Å². The second-order valence-electron chi connectivity index (χ2n) is 10.9. The van der Waals surface area contributed by atoms with Gasteiger partial charge >= 0.3 is 5.97 Å². The van der Waals surface area contributed by atoms with E-state index in [1.807, 2.05) is 12.1 Å². The highest BCUT2D eigenvalue weighted by Gasteiger charge is 2.41. The van der Waals surface area contributed by atoms with E-state index in [-0.39, 0.29) is 11.2 Å². The number of carbonyl (C=O) groups excluding carboxylic acids is 1. The normalized spacial score (nSPS) is 21.2. The summed E-state index contributed by atoms with van der Waals surface area (Å²) in [6.45, 7) is 9.17. The summed E-state index contributed by atoms with van der Waals surface area (Å²) in [5, 5.41) is 0. The molecule has 0 aromatic carbocycles. The molecular formula is C31H41NO3. The van der Waals surface area contributed by atoms with Crippen LogP contribution in [0.25, 0.3) is 6.08 Å². The van der Waals surface area contributed by atoms with E-state index in [9.17, 15) is 4.79 Å². The number of aliphatic imine (C=N–C) groups is 1. The smallest absolute Gasteiger partial charge is 0.373 e. The fourth-order valence-electron chi connectivity index (χ4n) is 5.87. The largest absolute Gasteiger partial charge is 0.463 e. The highest BCUT2D eigenvalue weighted by Crippen LogP contribution is 2.51. The van der Waals surface area contributed by atoms with Gasteiger partial charge in [0.25, 0.3) is 0 Å². The Morgan fingerprint density at radius 3 is 2.74 bits per heavy atom. The van der Waals surface area contributed by atoms with Gasteiger partial charge in [-0.2, -0.15) is 0 Å². The van der Waals surface area contributed by atoms with E-state index in [2.05, 4.69) is 39.8 Å². The van der Waals surface area contributed by atoms with Gasteiger partial charge in [0.15, 0.2) is 0 Å². The molecule has 1 atom stereocenters. The quantitative estimate of drug-likeness (QED) is 0.251. The van der Waals surface area contributed by atoms with Crippen molar-refractivity contribution in [3.8, 4) is 0 Å². The van der Waals surface area contributed by atoms with Gasteiger partial charge in [0, 0.05) is 17.2 Å². The molecule has 4 rings (SSSR count). The first-order valence-electron chi connectivity index (χ1n) is 13.5. The van der Waals surface area contributed by atoms with E-state index in [1.165, 1.54) is 87.3 Å². The van der Waals surface area contributed by atoms with Crippen LogP contribution in [-0.2, 0) is 4.74 Å². The topological polar surface area (TPSA) is 51.8 Å². The van der Waals surface area contributed by atoms with Crippen molar-refractivity contribution in [3.05, 3.63) is 63.8 Å². The Labute approximate surface area is 210 Å². The molecule has 1 saturated carbocycles. The number of hydrogen-bond donors (Lipinski definition) is 0. The third-order valence-electron chi connectivity index (χ3n) is 7.74. The molecule has 4 heteroatoms. The van der Waals surface area contributed by atoms with E-state index in [1.54, 1.807) is 6.07 Å². The van der Waals surface area contributed by atoms with Crippen LogP contribution in [0.5, 0.6) is 0 Å². The highest BCUT2D eigenvalue weighted by atomic mass is 16.5. The van der Waals surface area contributed by atoms with E-state index >= 15 is 0 Å². The highest BCUT2D eigenvalue weighted by molar-refractivity contribution is 6.07. The Morgan fingerprint density at radius 1 is 1.20 bits per heavy atom. The van der Waals surface area contributed by atoms with Gasteiger partial charge in [0.05, 0.1) is 12.8 Å². The molecular weight excluding hydrogens is 434 g/mol. The number of furan rings is 1. The Hall–Kier alpha value is -2.62. The van der Waals surface area contributed by atoms with Crippen LogP contribution in [0.15, 0.2) is 61.7 Å². The lowest BCUT2D eigenvalue weighted by Gasteiger charge is -2.35. The van der Waals surface area contributed by atoms with Gasteiger partial charge in [0.2, 0.25) is 5.76 Å². The molecule has 35 heavy (non-hydrogen) atoms. The summed E-state index contributed by atoms with van der Waals surface area (Å²) in [5.41, 5.74) is 7.88. The van der Waals surface area contributed by atoms with Crippen LogP contribution >= 0.6 is 0 Å². The molecule has 1 unspecified atom stereocenters. The van der Waals surface area contributed by atoms with E-state index in [4.69, 9.17) is 14.1 Å². The number of allylic oxidation sites excluding steroid dienone is 6. The monoisotopic (exact) mass is 475 g/mol. The Morgan fingerprint density at radius 2 is 1.97 bits per heavy atom. The number of methoxy groups -OCH3 is 1. The van der Waals surface area contributed by atoms with Crippen molar-refractivity contribution in [1.82, 2.24) is 0 Å². The molecule has 0 spiro atoms. The SMILES string of the molecule is CCCCCCCCC1C=CC(C(C)=Cc2ccc(C(=O)OC)o2)=C2N=C3CCCC(C)(C)C3=C21. The summed E-state index contributed by atoms with van der Waals surface area (Å²) in [7, 11) is 1.36. The first-order chi connectivity index (χ1) is 16.9. The average Bonchev–Trinajstić information content (AvgIpc) is 3.46. The van der Waals surface area contributed by atoms with Gasteiger partial charge in [-0.3, -0.25) is 4.99 Å². The number of rotatable bonds is 10. The molecule has 0 saturated heterocycles. The molecule has 188 valence electrons. The molecule has 2 heterocycles. The van der Waals surface area contributed by atoms with E-state index in [0.29, 0.717) is 11.7 Å². The maximum Gasteiger partial charge on any atom is 0.373 e. The molecule has 0 radical (unpaired) electrons. The van der Waals surface area contributed by atoms with Crippen molar-refractivity contribution in [2.45, 2.75) is 91.9 Å². The molecule has 3 aliphatic rings. The zero-order valence-electron chi connectivity index (χ0n) is 22.2. The summed E-state index contributed by atoms with van der Waals surface area (Å²) >= 11 is 0. The minimum Gasteiger partial charge on any atom is -0.463 e. The average molecular weight is 476 g/mol. The third kappa shape index (κ3) is 5.47. The summed E-state index contributed by atoms with van der Waals surface area (Å²) in [4.78, 5) is 17.0. The van der Waals surface area contributed by atoms with Crippen LogP contribution in [0.4, 0.5) is 0 Å². The van der Waals surface area contributed by atoms with Crippen molar-refractivity contribution < 1.29 is 13.9 Å². The van der Waals surface area contributed by atoms with Crippen molar-refractivity contribution in [1.29, 1.82) is 0 Å². The molecule has 1 fully saturated rings. The zero-order chi connectivity index (χ0) is 25.0. The molecule has 1 aromatic rings. The standard InChI is InChI=1S/C31H41NO3/c1-6-7-8-9-10-11-13-22-15-17-24(21(2)20-23-16-18-26(35-23)30(33)34-5)29-27(22)28-25(32-29)14-12-19-31(28,3)4/h15-18,20,22H,6-14,19H2,1-5H3. The minimum atomic E-state index is -0.458. The first kappa shape index (κ1) is 25.5. The fourth-order valence-corrected chi connectivity index (χ4v) is 5.87. The predicted molar refractivity (Wildman–Crippen MR) is 143 cm³/mol. The van der Waals surface area contributed by atoms with Crippen LogP contribution in [0.3, 0.4) is 0 Å². The number of unbranched alkanes of at least 4 members (excludes halogenated alkanes) is 5. The number of esters is 1. The van der Waals surface area contributed by atoms with Gasteiger partial charge in [-0.15, -0.1) is 0 Å². The number of nitrogens with zero attached hydrogens (tertiary/aromatic N) is 1. The van der Waals surface area contributed by atoms with Gasteiger partial charge in [-0.1, -0.05) is 71.4 Å². The van der Waals surface area contributed by atoms with Gasteiger partial charge in [-0.25, -0.2) is 4.79 Å². The number of carbonyl (C=O) groups is 1. The lowest BCUT2D eigenvalue weighted by Crippen LogP contribution is -2.27. The third-order valence-corrected chi connectivity index (χ3v) is 7.74. The first-order valence-corrected chi connectivity index (χ1v) is 13.5. The molecule has 0 amide bonds. The predicted octanol–water partition coefficient (Wildman–Crippen LogP) is 8.62. The Bertz CT molecular complexity index is 1110. The van der Waals surface area contributed by atoms with Crippen molar-refractivity contribution in [3.63, 3.8) is 0 Å². The molecule has 1 aliphatic heterocycles. The van der Waals surface area contributed by atoms with Gasteiger partial charge < -0.3 is 9.15 Å². The number of ether oxygens (including phenoxy) is 1. The summed E-state index contributed by atoms with van der Waals surface area (Å²) < 4.78 is 10.5. The lowest BCUT2D eigenvalue weighted by molar-refractivity contribution is 0.0564. The van der Waals surface area contributed by atoms with E-state index < -0.39 is 5.97 Å². The van der Waals surface area contributed by atoms with Crippen molar-refractivity contribution in [2.75, 3.05) is 7.11 Å². The molecule has 0 N–H and O–H groups in total. The number of hydrogen-bond acceptors (Lipinski definition) is 4. The second-order valence-corrected chi connectivity index (χ2v) is 10.9. The Kier molecular flexibility index (Phi) is 7.98.